The molecule has 0 radical (unpaired) electrons. The minimum absolute atomic E-state index is 0.120. The molecule has 6 heteroatoms. The number of nitro groups is 1. The van der Waals surface area contributed by atoms with Crippen molar-refractivity contribution in [1.82, 2.24) is 4.90 Å². The summed E-state index contributed by atoms with van der Waals surface area (Å²) in [4.78, 5) is 23.2. The molecule has 0 saturated carbocycles. The predicted octanol–water partition coefficient (Wildman–Crippen LogP) is 2.13. The van der Waals surface area contributed by atoms with Crippen LogP contribution >= 0.6 is 0 Å². The van der Waals surface area contributed by atoms with Crippen molar-refractivity contribution in [3.63, 3.8) is 0 Å². The van der Waals surface area contributed by atoms with E-state index in [2.05, 4.69) is 4.90 Å². The molecule has 0 heterocycles. The quantitative estimate of drug-likeness (QED) is 0.409. The lowest BCUT2D eigenvalue weighted by molar-refractivity contribution is -0.385. The van der Waals surface area contributed by atoms with Gasteiger partial charge < -0.3 is 9.64 Å². The van der Waals surface area contributed by atoms with Crippen molar-refractivity contribution in [2.24, 2.45) is 0 Å². The smallest absolute Gasteiger partial charge is 0.310 e. The van der Waals surface area contributed by atoms with Crippen molar-refractivity contribution in [3.8, 4) is 5.75 Å². The zero-order valence-electron chi connectivity index (χ0n) is 11.2. The minimum atomic E-state index is -0.513. The molecule has 0 atom stereocenters. The number of carbonyl (C=O) groups excluding carboxylic acids is 1. The summed E-state index contributed by atoms with van der Waals surface area (Å²) < 4.78 is 5.43. The first-order chi connectivity index (χ1) is 9.12. The lowest BCUT2D eigenvalue weighted by Gasteiger charge is -2.17. The van der Waals surface area contributed by atoms with E-state index in [-0.39, 0.29) is 11.4 Å². The SMILES string of the molecule is CCN(CC)CCOc1cc(C=O)ccc1[N+](=O)[O-]. The molecule has 19 heavy (non-hydrogen) atoms. The van der Waals surface area contributed by atoms with Gasteiger partial charge in [-0.3, -0.25) is 14.9 Å². The number of ether oxygens (including phenoxy) is 1. The Morgan fingerprint density at radius 2 is 2.05 bits per heavy atom. The minimum Gasteiger partial charge on any atom is -0.485 e. The Kier molecular flexibility index (Phi) is 5.95. The fraction of sp³-hybridized carbons (Fsp3) is 0.462. The average molecular weight is 266 g/mol. The molecule has 0 aliphatic carbocycles. The van der Waals surface area contributed by atoms with Gasteiger partial charge in [0.15, 0.2) is 5.75 Å². The van der Waals surface area contributed by atoms with Crippen molar-refractivity contribution in [1.29, 1.82) is 0 Å². The number of hydrogen-bond donors (Lipinski definition) is 0. The Labute approximate surface area is 112 Å². The fourth-order valence-electron chi connectivity index (χ4n) is 1.69. The van der Waals surface area contributed by atoms with Crippen LogP contribution in [0.25, 0.3) is 0 Å². The summed E-state index contributed by atoms with van der Waals surface area (Å²) in [5.41, 5.74) is 0.244. The van der Waals surface area contributed by atoms with Crippen LogP contribution in [0.1, 0.15) is 24.2 Å². The van der Waals surface area contributed by atoms with E-state index in [0.717, 1.165) is 13.1 Å². The largest absolute Gasteiger partial charge is 0.485 e. The van der Waals surface area contributed by atoms with Crippen molar-refractivity contribution in [2.75, 3.05) is 26.2 Å². The number of aldehydes is 1. The summed E-state index contributed by atoms with van der Waals surface area (Å²) in [6.45, 7) is 6.92. The maximum atomic E-state index is 10.9. The average Bonchev–Trinajstić information content (AvgIpc) is 2.43. The number of rotatable bonds is 8. The van der Waals surface area contributed by atoms with E-state index in [1.165, 1.54) is 18.2 Å². The number of benzene rings is 1. The van der Waals surface area contributed by atoms with Crippen LogP contribution in [0.15, 0.2) is 18.2 Å². The first-order valence-electron chi connectivity index (χ1n) is 6.21. The molecular formula is C13H18N2O4. The summed E-state index contributed by atoms with van der Waals surface area (Å²) in [6, 6.07) is 4.09. The Hall–Kier alpha value is -1.95. The van der Waals surface area contributed by atoms with Gasteiger partial charge in [0.2, 0.25) is 0 Å². The van der Waals surface area contributed by atoms with E-state index in [4.69, 9.17) is 4.74 Å². The summed E-state index contributed by atoms with van der Waals surface area (Å²) >= 11 is 0. The number of carbonyl (C=O) groups is 1. The number of nitrogens with zero attached hydrogens (tertiary/aromatic N) is 2. The zero-order chi connectivity index (χ0) is 14.3. The summed E-state index contributed by atoms with van der Waals surface area (Å²) in [7, 11) is 0. The van der Waals surface area contributed by atoms with E-state index < -0.39 is 4.92 Å². The Morgan fingerprint density at radius 3 is 2.58 bits per heavy atom. The number of likely N-dealkylation sites (N-methyl/N-ethyl adjacent to an activating group) is 1. The topological polar surface area (TPSA) is 72.7 Å². The van der Waals surface area contributed by atoms with Crippen molar-refractivity contribution in [2.45, 2.75) is 13.8 Å². The van der Waals surface area contributed by atoms with Crippen LogP contribution in [0.2, 0.25) is 0 Å². The van der Waals surface area contributed by atoms with Crippen LogP contribution in [0.4, 0.5) is 5.69 Å². The first kappa shape index (κ1) is 15.1. The molecule has 0 N–H and O–H groups in total. The molecule has 0 unspecified atom stereocenters. The second-order valence-corrected chi connectivity index (χ2v) is 3.98. The number of hydrogen-bond acceptors (Lipinski definition) is 5. The van der Waals surface area contributed by atoms with Crippen molar-refractivity contribution < 1.29 is 14.5 Å². The van der Waals surface area contributed by atoms with Gasteiger partial charge in [0, 0.05) is 18.2 Å². The molecule has 0 aliphatic rings. The van der Waals surface area contributed by atoms with Crippen LogP contribution in [-0.2, 0) is 0 Å². The normalized spacial score (nSPS) is 10.5. The summed E-state index contributed by atoms with van der Waals surface area (Å²) in [6.07, 6.45) is 0.640. The van der Waals surface area contributed by atoms with Crippen molar-refractivity contribution >= 4 is 12.0 Å². The van der Waals surface area contributed by atoms with E-state index in [0.29, 0.717) is 25.0 Å². The van der Waals surface area contributed by atoms with E-state index in [9.17, 15) is 14.9 Å². The van der Waals surface area contributed by atoms with Gasteiger partial charge >= 0.3 is 5.69 Å². The summed E-state index contributed by atoms with van der Waals surface area (Å²) in [5.74, 6) is 0.141. The lowest BCUT2D eigenvalue weighted by Crippen LogP contribution is -2.28. The Morgan fingerprint density at radius 1 is 1.37 bits per heavy atom. The third-order valence-electron chi connectivity index (χ3n) is 2.88. The van der Waals surface area contributed by atoms with Gasteiger partial charge in [0.1, 0.15) is 12.9 Å². The second kappa shape index (κ2) is 7.48. The van der Waals surface area contributed by atoms with Gasteiger partial charge in [0.05, 0.1) is 4.92 Å². The first-order valence-corrected chi connectivity index (χ1v) is 6.21. The van der Waals surface area contributed by atoms with E-state index in [1.54, 1.807) is 0 Å². The Balaban J connectivity index is 2.74. The predicted molar refractivity (Wildman–Crippen MR) is 71.8 cm³/mol. The molecule has 0 saturated heterocycles. The molecule has 1 rings (SSSR count). The number of nitro benzene ring substituents is 1. The highest BCUT2D eigenvalue weighted by Gasteiger charge is 2.15. The van der Waals surface area contributed by atoms with Gasteiger partial charge in [0.25, 0.3) is 0 Å². The molecule has 0 aromatic heterocycles. The maximum Gasteiger partial charge on any atom is 0.310 e. The zero-order valence-corrected chi connectivity index (χ0v) is 11.2. The molecule has 0 fully saturated rings. The molecule has 0 bridgehead atoms. The van der Waals surface area contributed by atoms with Crippen LogP contribution < -0.4 is 4.74 Å². The Bertz CT molecular complexity index is 444. The third kappa shape index (κ3) is 4.33. The molecule has 1 aromatic rings. The molecule has 0 aliphatic heterocycles. The monoisotopic (exact) mass is 266 g/mol. The van der Waals surface area contributed by atoms with Crippen LogP contribution in [0, 0.1) is 10.1 Å². The van der Waals surface area contributed by atoms with E-state index >= 15 is 0 Å². The van der Waals surface area contributed by atoms with Crippen LogP contribution in [-0.4, -0.2) is 42.4 Å². The second-order valence-electron chi connectivity index (χ2n) is 3.98. The van der Waals surface area contributed by atoms with Crippen LogP contribution in [0.5, 0.6) is 5.75 Å². The molecular weight excluding hydrogens is 248 g/mol. The van der Waals surface area contributed by atoms with Gasteiger partial charge in [-0.25, -0.2) is 0 Å². The highest BCUT2D eigenvalue weighted by atomic mass is 16.6. The van der Waals surface area contributed by atoms with Gasteiger partial charge in [-0.05, 0) is 25.2 Å². The van der Waals surface area contributed by atoms with E-state index in [1.807, 2.05) is 13.8 Å². The fourth-order valence-corrected chi connectivity index (χ4v) is 1.69. The molecule has 1 aromatic carbocycles. The highest BCUT2D eigenvalue weighted by molar-refractivity contribution is 5.76. The van der Waals surface area contributed by atoms with Gasteiger partial charge in [-0.15, -0.1) is 0 Å². The van der Waals surface area contributed by atoms with Crippen LogP contribution in [0.3, 0.4) is 0 Å². The molecule has 0 spiro atoms. The molecule has 0 amide bonds. The standard InChI is InChI=1S/C13H18N2O4/c1-3-14(4-2)7-8-19-13-9-11(10-16)5-6-12(13)15(17)18/h5-6,9-10H,3-4,7-8H2,1-2H3. The molecule has 6 nitrogen and oxygen atoms in total. The van der Waals surface area contributed by atoms with Gasteiger partial charge in [-0.2, -0.15) is 0 Å². The molecule has 104 valence electrons. The third-order valence-corrected chi connectivity index (χ3v) is 2.88. The summed E-state index contributed by atoms with van der Waals surface area (Å²) in [5, 5.41) is 10.9. The highest BCUT2D eigenvalue weighted by Crippen LogP contribution is 2.27. The van der Waals surface area contributed by atoms with Gasteiger partial charge in [-0.1, -0.05) is 13.8 Å². The lowest BCUT2D eigenvalue weighted by atomic mass is 10.2. The maximum absolute atomic E-state index is 10.9. The van der Waals surface area contributed by atoms with Crippen molar-refractivity contribution in [3.05, 3.63) is 33.9 Å².